The zero-order chi connectivity index (χ0) is 18.8. The summed E-state index contributed by atoms with van der Waals surface area (Å²) in [6, 6.07) is 5.60. The number of dihydropyridines is 1. The van der Waals surface area contributed by atoms with Gasteiger partial charge in [0, 0.05) is 13.3 Å². The molecule has 27 heavy (non-hydrogen) atoms. The molecule has 3 aromatic heterocycles. The van der Waals surface area contributed by atoms with Crippen LogP contribution >= 0.6 is 11.3 Å². The van der Waals surface area contributed by atoms with Gasteiger partial charge in [-0.1, -0.05) is 17.3 Å². The number of amides is 2. The van der Waals surface area contributed by atoms with Crippen molar-refractivity contribution in [3.05, 3.63) is 53.1 Å². The molecular formula is C17H14N6O3S. The maximum absolute atomic E-state index is 12.4. The topological polar surface area (TPSA) is 115 Å². The second-order valence-electron chi connectivity index (χ2n) is 5.72. The van der Waals surface area contributed by atoms with Gasteiger partial charge in [0.15, 0.2) is 5.82 Å². The molecule has 4 heterocycles. The van der Waals surface area contributed by atoms with Crippen LogP contribution in [0.15, 0.2) is 45.2 Å². The van der Waals surface area contributed by atoms with Gasteiger partial charge in [-0.25, -0.2) is 4.99 Å². The molecule has 0 aromatic carbocycles. The lowest BCUT2D eigenvalue weighted by atomic mass is 10.1. The fraction of sp³-hybridized carbons (Fsp3) is 0.176. The monoisotopic (exact) mass is 382 g/mol. The Morgan fingerprint density at radius 1 is 1.44 bits per heavy atom. The summed E-state index contributed by atoms with van der Waals surface area (Å²) in [6.45, 7) is 0.0409. The number of hydrogen-bond donors (Lipinski definition) is 1. The van der Waals surface area contributed by atoms with Gasteiger partial charge in [-0.2, -0.15) is 10.1 Å². The Balaban J connectivity index is 1.42. The predicted octanol–water partition coefficient (Wildman–Crippen LogP) is 1.71. The Morgan fingerprint density at radius 3 is 3.11 bits per heavy atom. The number of allylic oxidation sites excluding steroid dienone is 1. The molecule has 0 spiro atoms. The number of rotatable bonds is 5. The number of aryl methyl sites for hydroxylation is 1. The number of hydrogen-bond acceptors (Lipinski definition) is 7. The lowest BCUT2D eigenvalue weighted by Gasteiger charge is -2.04. The second-order valence-corrected chi connectivity index (χ2v) is 6.67. The molecule has 1 atom stereocenters. The van der Waals surface area contributed by atoms with Crippen molar-refractivity contribution in [1.82, 2.24) is 25.2 Å². The average molecular weight is 382 g/mol. The lowest BCUT2D eigenvalue weighted by Crippen LogP contribution is -2.25. The third-order valence-electron chi connectivity index (χ3n) is 3.91. The maximum atomic E-state index is 12.4. The highest BCUT2D eigenvalue weighted by molar-refractivity contribution is 7.13. The van der Waals surface area contributed by atoms with Gasteiger partial charge >= 0.3 is 0 Å². The highest BCUT2D eigenvalue weighted by Gasteiger charge is 2.24. The van der Waals surface area contributed by atoms with Crippen molar-refractivity contribution < 1.29 is 14.1 Å². The Morgan fingerprint density at radius 2 is 2.33 bits per heavy atom. The third kappa shape index (κ3) is 3.47. The molecule has 0 saturated heterocycles. The first kappa shape index (κ1) is 17.0. The molecule has 1 N–H and O–H groups in total. The summed E-state index contributed by atoms with van der Waals surface area (Å²) in [5.41, 5.74) is 1.15. The number of aliphatic imine (C=N–C) groups is 1. The van der Waals surface area contributed by atoms with E-state index in [1.165, 1.54) is 10.9 Å². The van der Waals surface area contributed by atoms with Crippen LogP contribution in [0.1, 0.15) is 28.1 Å². The molecule has 3 aromatic rings. The van der Waals surface area contributed by atoms with Crippen LogP contribution in [-0.2, 0) is 18.4 Å². The standard InChI is InChI=1S/C17H14N6O3S/c1-23-12(8-11(21-23)13-5-3-7-27-13)17(25)19-9-14-20-15(22-26-14)10-4-2-6-18-16(10)24/h2-8,10H,9H2,1H3,(H,19,25). The highest BCUT2D eigenvalue weighted by atomic mass is 32.1. The lowest BCUT2D eigenvalue weighted by molar-refractivity contribution is -0.118. The summed E-state index contributed by atoms with van der Waals surface area (Å²) < 4.78 is 6.63. The zero-order valence-corrected chi connectivity index (χ0v) is 15.0. The van der Waals surface area contributed by atoms with Gasteiger partial charge in [-0.3, -0.25) is 14.3 Å². The van der Waals surface area contributed by atoms with E-state index in [0.29, 0.717) is 5.69 Å². The fourth-order valence-electron chi connectivity index (χ4n) is 2.57. The number of thiophene rings is 1. The SMILES string of the molecule is Cn1nc(-c2cccs2)cc1C(=O)NCc1nc(C2C=CC=NC2=O)no1. The van der Waals surface area contributed by atoms with E-state index in [1.54, 1.807) is 36.6 Å². The van der Waals surface area contributed by atoms with Crippen LogP contribution in [0, 0.1) is 0 Å². The van der Waals surface area contributed by atoms with E-state index in [0.717, 1.165) is 10.6 Å². The molecule has 1 aliphatic heterocycles. The number of aromatic nitrogens is 4. The summed E-state index contributed by atoms with van der Waals surface area (Å²) in [5.74, 6) is -0.906. The van der Waals surface area contributed by atoms with Gasteiger partial charge in [0.1, 0.15) is 17.3 Å². The summed E-state index contributed by atoms with van der Waals surface area (Å²) in [5, 5.41) is 12.8. The van der Waals surface area contributed by atoms with Gasteiger partial charge in [-0.15, -0.1) is 11.3 Å². The number of nitrogens with one attached hydrogen (secondary N) is 1. The van der Waals surface area contributed by atoms with Crippen molar-refractivity contribution in [1.29, 1.82) is 0 Å². The van der Waals surface area contributed by atoms with Crippen LogP contribution < -0.4 is 5.32 Å². The molecule has 1 aliphatic rings. The van der Waals surface area contributed by atoms with E-state index < -0.39 is 5.92 Å². The van der Waals surface area contributed by atoms with Gasteiger partial charge in [0.25, 0.3) is 11.8 Å². The molecule has 2 amide bonds. The first-order chi connectivity index (χ1) is 13.1. The predicted molar refractivity (Wildman–Crippen MR) is 97.4 cm³/mol. The second kappa shape index (κ2) is 7.08. The molecule has 0 aliphatic carbocycles. The van der Waals surface area contributed by atoms with Crippen molar-refractivity contribution in [2.45, 2.75) is 12.5 Å². The van der Waals surface area contributed by atoms with Crippen LogP contribution in [0.2, 0.25) is 0 Å². The van der Waals surface area contributed by atoms with E-state index in [9.17, 15) is 9.59 Å². The van der Waals surface area contributed by atoms with E-state index in [4.69, 9.17) is 4.52 Å². The fourth-order valence-corrected chi connectivity index (χ4v) is 3.25. The molecule has 0 bridgehead atoms. The van der Waals surface area contributed by atoms with Crippen molar-refractivity contribution in [3.8, 4) is 10.6 Å². The molecule has 4 rings (SSSR count). The van der Waals surface area contributed by atoms with Gasteiger partial charge in [0.05, 0.1) is 11.4 Å². The first-order valence-electron chi connectivity index (χ1n) is 8.05. The number of carbonyl (C=O) groups is 2. The highest BCUT2D eigenvalue weighted by Crippen LogP contribution is 2.24. The van der Waals surface area contributed by atoms with Crippen molar-refractivity contribution in [2.24, 2.45) is 12.0 Å². The minimum atomic E-state index is -0.659. The molecular weight excluding hydrogens is 368 g/mol. The largest absolute Gasteiger partial charge is 0.342 e. The molecule has 0 radical (unpaired) electrons. The summed E-state index contributed by atoms with van der Waals surface area (Å²) in [7, 11) is 1.71. The van der Waals surface area contributed by atoms with Crippen LogP contribution in [0.3, 0.4) is 0 Å². The van der Waals surface area contributed by atoms with E-state index in [1.807, 2.05) is 17.5 Å². The third-order valence-corrected chi connectivity index (χ3v) is 4.80. The molecule has 9 nitrogen and oxygen atoms in total. The minimum absolute atomic E-state index is 0.0409. The normalized spacial score (nSPS) is 16.0. The van der Waals surface area contributed by atoms with E-state index >= 15 is 0 Å². The van der Waals surface area contributed by atoms with Crippen LogP contribution in [0.5, 0.6) is 0 Å². The van der Waals surface area contributed by atoms with Crippen molar-refractivity contribution in [2.75, 3.05) is 0 Å². The quantitative estimate of drug-likeness (QED) is 0.718. The first-order valence-corrected chi connectivity index (χ1v) is 8.93. The van der Waals surface area contributed by atoms with Crippen LogP contribution in [0.4, 0.5) is 0 Å². The Bertz CT molecular complexity index is 1050. The van der Waals surface area contributed by atoms with E-state index in [-0.39, 0.29) is 30.1 Å². The van der Waals surface area contributed by atoms with Gasteiger partial charge in [-0.05, 0) is 23.6 Å². The average Bonchev–Trinajstić information content (AvgIpc) is 3.40. The van der Waals surface area contributed by atoms with Gasteiger partial charge < -0.3 is 9.84 Å². The molecule has 1 unspecified atom stereocenters. The molecule has 10 heteroatoms. The Kier molecular flexibility index (Phi) is 4.47. The molecule has 0 fully saturated rings. The zero-order valence-electron chi connectivity index (χ0n) is 14.2. The van der Waals surface area contributed by atoms with Gasteiger partial charge in [0.2, 0.25) is 5.89 Å². The smallest absolute Gasteiger partial charge is 0.269 e. The molecule has 0 saturated carbocycles. The van der Waals surface area contributed by atoms with Crippen molar-refractivity contribution in [3.63, 3.8) is 0 Å². The number of carbonyl (C=O) groups excluding carboxylic acids is 2. The van der Waals surface area contributed by atoms with E-state index in [2.05, 4.69) is 25.5 Å². The van der Waals surface area contributed by atoms with Crippen molar-refractivity contribution >= 4 is 29.4 Å². The summed E-state index contributed by atoms with van der Waals surface area (Å²) in [4.78, 5) is 33.0. The maximum Gasteiger partial charge on any atom is 0.269 e. The Labute approximate surface area is 157 Å². The van der Waals surface area contributed by atoms with Crippen LogP contribution in [-0.4, -0.2) is 38.0 Å². The van der Waals surface area contributed by atoms with Crippen LogP contribution in [0.25, 0.3) is 10.6 Å². The summed E-state index contributed by atoms with van der Waals surface area (Å²) in [6.07, 6.45) is 4.71. The summed E-state index contributed by atoms with van der Waals surface area (Å²) >= 11 is 1.55. The molecule has 136 valence electrons. The minimum Gasteiger partial charge on any atom is -0.342 e. The Hall–Kier alpha value is -3.40. The number of nitrogens with zero attached hydrogens (tertiary/aromatic N) is 5.